The van der Waals surface area contributed by atoms with E-state index >= 15 is 0 Å². The lowest BCUT2D eigenvalue weighted by atomic mass is 10.1. The first kappa shape index (κ1) is 13.1. The van der Waals surface area contributed by atoms with Gasteiger partial charge in [-0.15, -0.1) is 0 Å². The molecule has 0 aliphatic carbocycles. The van der Waals surface area contributed by atoms with E-state index in [2.05, 4.69) is 5.32 Å². The van der Waals surface area contributed by atoms with Crippen molar-refractivity contribution in [3.63, 3.8) is 0 Å². The van der Waals surface area contributed by atoms with Crippen molar-refractivity contribution < 1.29 is 14.3 Å². The third-order valence-electron chi connectivity index (χ3n) is 3.74. The predicted molar refractivity (Wildman–Crippen MR) is 67.7 cm³/mol. The molecule has 0 saturated carbocycles. The molecule has 1 saturated heterocycles. The Balaban J connectivity index is 2.25. The van der Waals surface area contributed by atoms with E-state index in [1.165, 1.54) is 0 Å². The minimum Gasteiger partial charge on any atom is -0.466 e. The molecule has 0 aromatic carbocycles. The van der Waals surface area contributed by atoms with Gasteiger partial charge in [0.1, 0.15) is 11.5 Å². The first-order valence-corrected chi connectivity index (χ1v) is 6.16. The molecule has 2 atom stereocenters. The fourth-order valence-corrected chi connectivity index (χ4v) is 2.48. The maximum atomic E-state index is 12.5. The fourth-order valence-electron chi connectivity index (χ4n) is 2.48. The van der Waals surface area contributed by atoms with Crippen LogP contribution in [0.4, 0.5) is 0 Å². The van der Waals surface area contributed by atoms with Crippen LogP contribution in [0.15, 0.2) is 4.42 Å². The molecule has 1 aromatic rings. The van der Waals surface area contributed by atoms with Gasteiger partial charge in [0.2, 0.25) is 0 Å². The molecule has 2 rings (SSSR count). The summed E-state index contributed by atoms with van der Waals surface area (Å²) >= 11 is 0. The van der Waals surface area contributed by atoms with Crippen molar-refractivity contribution in [3.8, 4) is 0 Å². The number of furan rings is 1. The van der Waals surface area contributed by atoms with Crippen molar-refractivity contribution in [2.24, 2.45) is 0 Å². The van der Waals surface area contributed by atoms with E-state index in [1.54, 1.807) is 18.9 Å². The summed E-state index contributed by atoms with van der Waals surface area (Å²) in [5.41, 5.74) is 1.50. The number of hydrogen-bond acceptors (Lipinski definition) is 4. The molecular weight excluding hydrogens is 232 g/mol. The minimum absolute atomic E-state index is 0.0883. The van der Waals surface area contributed by atoms with Gasteiger partial charge < -0.3 is 19.7 Å². The molecule has 1 fully saturated rings. The molecule has 5 heteroatoms. The zero-order chi connectivity index (χ0) is 13.4. The van der Waals surface area contributed by atoms with Gasteiger partial charge in [-0.3, -0.25) is 4.79 Å². The Morgan fingerprint density at radius 1 is 1.33 bits per heavy atom. The van der Waals surface area contributed by atoms with Crippen LogP contribution in [0.1, 0.15) is 27.4 Å². The van der Waals surface area contributed by atoms with Gasteiger partial charge in [-0.2, -0.15) is 0 Å². The van der Waals surface area contributed by atoms with Gasteiger partial charge >= 0.3 is 0 Å². The summed E-state index contributed by atoms with van der Waals surface area (Å²) in [5.74, 6) is 1.33. The zero-order valence-electron chi connectivity index (χ0n) is 11.3. The maximum Gasteiger partial charge on any atom is 0.257 e. The highest BCUT2D eigenvalue weighted by molar-refractivity contribution is 5.97. The summed E-state index contributed by atoms with van der Waals surface area (Å²) in [6.45, 7) is 6.69. The molecule has 1 aromatic heterocycles. The number of nitrogens with one attached hydrogen (secondary N) is 1. The topological polar surface area (TPSA) is 65.7 Å². The number of aryl methyl sites for hydroxylation is 2. The first-order chi connectivity index (χ1) is 8.43. The maximum absolute atomic E-state index is 12.5. The summed E-state index contributed by atoms with van der Waals surface area (Å²) in [7, 11) is 1.73. The van der Waals surface area contributed by atoms with E-state index < -0.39 is 6.10 Å². The summed E-state index contributed by atoms with van der Waals surface area (Å²) < 4.78 is 5.48. The Morgan fingerprint density at radius 2 is 2.00 bits per heavy atom. The highest BCUT2D eigenvalue weighted by atomic mass is 16.3. The summed E-state index contributed by atoms with van der Waals surface area (Å²) in [5, 5.41) is 12.9. The number of carbonyl (C=O) groups excluding carboxylic acids is 1. The minimum atomic E-state index is -0.507. The molecule has 5 nitrogen and oxygen atoms in total. The molecule has 100 valence electrons. The van der Waals surface area contributed by atoms with Crippen molar-refractivity contribution in [2.75, 3.05) is 20.1 Å². The third kappa shape index (κ3) is 2.04. The normalized spacial score (nSPS) is 23.4. The van der Waals surface area contributed by atoms with Crippen molar-refractivity contribution in [3.05, 3.63) is 22.6 Å². The summed E-state index contributed by atoms with van der Waals surface area (Å²) in [6, 6.07) is -0.175. The van der Waals surface area contributed by atoms with Gasteiger partial charge in [-0.05, 0) is 20.8 Å². The zero-order valence-corrected chi connectivity index (χ0v) is 11.3. The van der Waals surface area contributed by atoms with Gasteiger partial charge in [0.05, 0.1) is 17.7 Å². The second-order valence-corrected chi connectivity index (χ2v) is 4.92. The average molecular weight is 252 g/mol. The van der Waals surface area contributed by atoms with Crippen molar-refractivity contribution >= 4 is 5.91 Å². The van der Waals surface area contributed by atoms with Crippen LogP contribution in [0.2, 0.25) is 0 Å². The lowest BCUT2D eigenvalue weighted by Crippen LogP contribution is -2.44. The number of nitrogens with zero attached hydrogens (tertiary/aromatic N) is 1. The summed E-state index contributed by atoms with van der Waals surface area (Å²) in [4.78, 5) is 14.1. The fraction of sp³-hybridized carbons (Fsp3) is 0.615. The quantitative estimate of drug-likeness (QED) is 0.809. The van der Waals surface area contributed by atoms with E-state index in [0.717, 1.165) is 11.3 Å². The van der Waals surface area contributed by atoms with Crippen LogP contribution in [0, 0.1) is 20.8 Å². The number of likely N-dealkylation sites (N-methyl/N-ethyl adjacent to an activating group) is 1. The highest BCUT2D eigenvalue weighted by Gasteiger charge is 2.33. The van der Waals surface area contributed by atoms with Crippen LogP contribution in [-0.4, -0.2) is 48.2 Å². The van der Waals surface area contributed by atoms with E-state index in [1.807, 2.05) is 13.8 Å². The highest BCUT2D eigenvalue weighted by Crippen LogP contribution is 2.23. The van der Waals surface area contributed by atoms with E-state index in [-0.39, 0.29) is 11.9 Å². The van der Waals surface area contributed by atoms with E-state index in [4.69, 9.17) is 4.42 Å². The second-order valence-electron chi connectivity index (χ2n) is 4.92. The Kier molecular flexibility index (Phi) is 3.45. The monoisotopic (exact) mass is 252 g/mol. The molecule has 1 amide bonds. The van der Waals surface area contributed by atoms with Crippen molar-refractivity contribution in [1.29, 1.82) is 0 Å². The number of hydrogen-bond donors (Lipinski definition) is 2. The molecule has 0 unspecified atom stereocenters. The van der Waals surface area contributed by atoms with Gasteiger partial charge in [0.15, 0.2) is 0 Å². The molecule has 0 radical (unpaired) electrons. The predicted octanol–water partition coefficient (Wildman–Crippen LogP) is 0.610. The van der Waals surface area contributed by atoms with Gasteiger partial charge in [-0.25, -0.2) is 0 Å². The van der Waals surface area contributed by atoms with Crippen LogP contribution in [-0.2, 0) is 0 Å². The standard InChI is InChI=1S/C13H20N2O3/c1-7-8(2)18-9(3)12(7)13(17)15(4)10-5-14-6-11(10)16/h10-11,14,16H,5-6H2,1-4H3/t10-,11-/m0/s1. The van der Waals surface area contributed by atoms with Crippen molar-refractivity contribution in [2.45, 2.75) is 32.9 Å². The number of aliphatic hydroxyl groups is 1. The molecule has 1 aliphatic rings. The van der Waals surface area contributed by atoms with Crippen LogP contribution in [0.5, 0.6) is 0 Å². The molecule has 0 spiro atoms. The smallest absolute Gasteiger partial charge is 0.257 e. The second kappa shape index (κ2) is 4.74. The molecule has 2 N–H and O–H groups in total. The number of carbonyl (C=O) groups is 1. The number of aliphatic hydroxyl groups excluding tert-OH is 1. The van der Waals surface area contributed by atoms with Crippen LogP contribution in [0.3, 0.4) is 0 Å². The Hall–Kier alpha value is -1.33. The van der Waals surface area contributed by atoms with Gasteiger partial charge in [0, 0.05) is 25.7 Å². The largest absolute Gasteiger partial charge is 0.466 e. The Morgan fingerprint density at radius 3 is 2.44 bits per heavy atom. The van der Waals surface area contributed by atoms with Crippen LogP contribution < -0.4 is 5.32 Å². The number of β-amino-alcohol motifs (C(OH)–C–C–N with tert-alkyl or cyclic N) is 1. The lowest BCUT2D eigenvalue weighted by molar-refractivity contribution is 0.0579. The van der Waals surface area contributed by atoms with Crippen LogP contribution in [0.25, 0.3) is 0 Å². The Bertz CT molecular complexity index is 467. The first-order valence-electron chi connectivity index (χ1n) is 6.16. The lowest BCUT2D eigenvalue weighted by Gasteiger charge is -2.26. The third-order valence-corrected chi connectivity index (χ3v) is 3.74. The molecule has 0 bridgehead atoms. The molecule has 18 heavy (non-hydrogen) atoms. The molecule has 2 heterocycles. The van der Waals surface area contributed by atoms with E-state index in [0.29, 0.717) is 24.4 Å². The van der Waals surface area contributed by atoms with Crippen molar-refractivity contribution in [1.82, 2.24) is 10.2 Å². The van der Waals surface area contributed by atoms with Gasteiger partial charge in [0.25, 0.3) is 5.91 Å². The SMILES string of the molecule is Cc1oc(C)c(C(=O)N(C)[C@H]2CNC[C@@H]2O)c1C. The summed E-state index contributed by atoms with van der Waals surface area (Å²) in [6.07, 6.45) is -0.507. The van der Waals surface area contributed by atoms with Crippen LogP contribution >= 0.6 is 0 Å². The number of amides is 1. The average Bonchev–Trinajstić information content (AvgIpc) is 2.83. The van der Waals surface area contributed by atoms with Gasteiger partial charge in [-0.1, -0.05) is 0 Å². The van der Waals surface area contributed by atoms with E-state index in [9.17, 15) is 9.90 Å². The number of rotatable bonds is 2. The Labute approximate surface area is 107 Å². The molecule has 1 aliphatic heterocycles. The molecular formula is C13H20N2O3.